The standard InChI is InChI=1S/C14H19F2NO2/c1-3-17-11-8-12(14(11)18-4-2)19-13-9(15)6-5-7-10(13)16/h5-7,11-12,14,17H,3-4,8H2,1-2H3. The maximum atomic E-state index is 13.5. The van der Waals surface area contributed by atoms with Gasteiger partial charge in [-0.15, -0.1) is 0 Å². The van der Waals surface area contributed by atoms with Gasteiger partial charge in [0, 0.05) is 19.1 Å². The number of benzene rings is 1. The Morgan fingerprint density at radius 2 is 1.95 bits per heavy atom. The second-order valence-electron chi connectivity index (χ2n) is 4.53. The first-order valence-electron chi connectivity index (χ1n) is 6.63. The van der Waals surface area contributed by atoms with Crippen LogP contribution in [0.2, 0.25) is 0 Å². The summed E-state index contributed by atoms with van der Waals surface area (Å²) in [5, 5.41) is 3.27. The lowest BCUT2D eigenvalue weighted by Crippen LogP contribution is -2.61. The Morgan fingerprint density at radius 3 is 2.53 bits per heavy atom. The van der Waals surface area contributed by atoms with Gasteiger partial charge >= 0.3 is 0 Å². The largest absolute Gasteiger partial charge is 0.481 e. The monoisotopic (exact) mass is 271 g/mol. The number of halogens is 2. The van der Waals surface area contributed by atoms with Gasteiger partial charge in [-0.3, -0.25) is 0 Å². The normalized spacial score (nSPS) is 26.0. The predicted octanol–water partition coefficient (Wildman–Crippen LogP) is 2.50. The minimum atomic E-state index is -0.679. The van der Waals surface area contributed by atoms with Crippen LogP contribution in [-0.4, -0.2) is 31.4 Å². The lowest BCUT2D eigenvalue weighted by Gasteiger charge is -2.44. The molecule has 1 aliphatic rings. The fourth-order valence-corrected chi connectivity index (χ4v) is 2.32. The molecule has 1 N–H and O–H groups in total. The summed E-state index contributed by atoms with van der Waals surface area (Å²) in [6.07, 6.45) is 0.214. The van der Waals surface area contributed by atoms with E-state index in [-0.39, 0.29) is 24.0 Å². The van der Waals surface area contributed by atoms with Gasteiger partial charge < -0.3 is 14.8 Å². The third-order valence-electron chi connectivity index (χ3n) is 3.26. The zero-order valence-electron chi connectivity index (χ0n) is 11.2. The molecule has 0 radical (unpaired) electrons. The van der Waals surface area contributed by atoms with Crippen molar-refractivity contribution >= 4 is 0 Å². The lowest BCUT2D eigenvalue weighted by atomic mass is 9.85. The van der Waals surface area contributed by atoms with Gasteiger partial charge in [-0.2, -0.15) is 0 Å². The number of rotatable bonds is 6. The van der Waals surface area contributed by atoms with E-state index in [1.807, 2.05) is 13.8 Å². The molecule has 0 amide bonds. The van der Waals surface area contributed by atoms with E-state index in [4.69, 9.17) is 9.47 Å². The molecule has 1 aliphatic carbocycles. The van der Waals surface area contributed by atoms with Gasteiger partial charge in [-0.1, -0.05) is 13.0 Å². The molecule has 0 aromatic heterocycles. The van der Waals surface area contributed by atoms with E-state index in [2.05, 4.69) is 5.32 Å². The van der Waals surface area contributed by atoms with Crippen LogP contribution in [0.1, 0.15) is 20.3 Å². The van der Waals surface area contributed by atoms with Crippen molar-refractivity contribution in [3.05, 3.63) is 29.8 Å². The smallest absolute Gasteiger partial charge is 0.191 e. The maximum absolute atomic E-state index is 13.5. The van der Waals surface area contributed by atoms with Crippen molar-refractivity contribution in [3.63, 3.8) is 0 Å². The molecular weight excluding hydrogens is 252 g/mol. The third-order valence-corrected chi connectivity index (χ3v) is 3.26. The summed E-state index contributed by atoms with van der Waals surface area (Å²) in [7, 11) is 0. The first-order valence-corrected chi connectivity index (χ1v) is 6.63. The zero-order valence-corrected chi connectivity index (χ0v) is 11.2. The van der Waals surface area contributed by atoms with Crippen LogP contribution in [-0.2, 0) is 4.74 Å². The van der Waals surface area contributed by atoms with Crippen LogP contribution in [0.15, 0.2) is 18.2 Å². The molecule has 3 unspecified atom stereocenters. The average Bonchev–Trinajstić information content (AvgIpc) is 2.38. The highest BCUT2D eigenvalue weighted by Crippen LogP contribution is 2.31. The topological polar surface area (TPSA) is 30.5 Å². The molecule has 1 fully saturated rings. The Kier molecular flexibility index (Phi) is 4.71. The van der Waals surface area contributed by atoms with Gasteiger partial charge in [-0.05, 0) is 25.6 Å². The van der Waals surface area contributed by atoms with Gasteiger partial charge in [0.2, 0.25) is 0 Å². The lowest BCUT2D eigenvalue weighted by molar-refractivity contribution is -0.106. The van der Waals surface area contributed by atoms with Crippen molar-refractivity contribution in [2.45, 2.75) is 38.5 Å². The number of hydrogen-bond acceptors (Lipinski definition) is 3. The highest BCUT2D eigenvalue weighted by atomic mass is 19.1. The molecule has 1 saturated carbocycles. The molecule has 1 aromatic rings. The molecule has 0 heterocycles. The van der Waals surface area contributed by atoms with Gasteiger partial charge in [0.25, 0.3) is 0 Å². The van der Waals surface area contributed by atoms with E-state index in [1.54, 1.807) is 0 Å². The summed E-state index contributed by atoms with van der Waals surface area (Å²) >= 11 is 0. The van der Waals surface area contributed by atoms with E-state index in [0.717, 1.165) is 6.54 Å². The van der Waals surface area contributed by atoms with Gasteiger partial charge in [0.1, 0.15) is 12.2 Å². The number of ether oxygens (including phenoxy) is 2. The maximum Gasteiger partial charge on any atom is 0.191 e. The Bertz CT molecular complexity index is 408. The summed E-state index contributed by atoms with van der Waals surface area (Å²) in [6, 6.07) is 3.88. The Hall–Kier alpha value is -1.20. The predicted molar refractivity (Wildman–Crippen MR) is 68.3 cm³/mol. The highest BCUT2D eigenvalue weighted by Gasteiger charge is 2.43. The number of likely N-dealkylation sites (N-methyl/N-ethyl adjacent to an activating group) is 1. The van der Waals surface area contributed by atoms with Crippen molar-refractivity contribution in [2.75, 3.05) is 13.2 Å². The Labute approximate surface area is 111 Å². The van der Waals surface area contributed by atoms with Crippen LogP contribution in [0, 0.1) is 11.6 Å². The zero-order chi connectivity index (χ0) is 13.8. The first-order chi connectivity index (χ1) is 9.17. The molecule has 0 spiro atoms. The summed E-state index contributed by atoms with van der Waals surface area (Å²) in [5.41, 5.74) is 0. The molecule has 2 rings (SSSR count). The van der Waals surface area contributed by atoms with Crippen LogP contribution in [0.25, 0.3) is 0 Å². The molecule has 3 nitrogen and oxygen atoms in total. The minimum absolute atomic E-state index is 0.163. The van der Waals surface area contributed by atoms with Crippen LogP contribution in [0.5, 0.6) is 5.75 Å². The molecule has 106 valence electrons. The van der Waals surface area contributed by atoms with Crippen LogP contribution in [0.4, 0.5) is 8.78 Å². The van der Waals surface area contributed by atoms with E-state index >= 15 is 0 Å². The number of para-hydroxylation sites is 1. The van der Waals surface area contributed by atoms with Gasteiger partial charge in [0.15, 0.2) is 17.4 Å². The quantitative estimate of drug-likeness (QED) is 0.862. The molecule has 0 aliphatic heterocycles. The summed E-state index contributed by atoms with van der Waals surface area (Å²) in [6.45, 7) is 5.27. The molecule has 3 atom stereocenters. The molecule has 0 saturated heterocycles. The molecule has 19 heavy (non-hydrogen) atoms. The minimum Gasteiger partial charge on any atom is -0.481 e. The van der Waals surface area contributed by atoms with Crippen molar-refractivity contribution in [1.82, 2.24) is 5.32 Å². The third kappa shape index (κ3) is 3.04. The summed E-state index contributed by atoms with van der Waals surface area (Å²) in [4.78, 5) is 0. The second-order valence-corrected chi connectivity index (χ2v) is 4.53. The number of nitrogens with one attached hydrogen (secondary N) is 1. The van der Waals surface area contributed by atoms with Crippen LogP contribution in [0.3, 0.4) is 0 Å². The summed E-state index contributed by atoms with van der Waals surface area (Å²) < 4.78 is 38.0. The fourth-order valence-electron chi connectivity index (χ4n) is 2.32. The van der Waals surface area contributed by atoms with Crippen molar-refractivity contribution in [1.29, 1.82) is 0 Å². The Balaban J connectivity index is 2.03. The fraction of sp³-hybridized carbons (Fsp3) is 0.571. The van der Waals surface area contributed by atoms with Gasteiger partial charge in [-0.25, -0.2) is 8.78 Å². The highest BCUT2D eigenvalue weighted by molar-refractivity contribution is 5.27. The molecule has 5 heteroatoms. The SMILES string of the molecule is CCNC1CC(Oc2c(F)cccc2F)C1OCC. The summed E-state index contributed by atoms with van der Waals surface area (Å²) in [5.74, 6) is -1.67. The van der Waals surface area contributed by atoms with E-state index < -0.39 is 11.6 Å². The second kappa shape index (κ2) is 6.30. The van der Waals surface area contributed by atoms with Crippen LogP contribution >= 0.6 is 0 Å². The van der Waals surface area contributed by atoms with Crippen molar-refractivity contribution < 1.29 is 18.3 Å². The Morgan fingerprint density at radius 1 is 1.26 bits per heavy atom. The van der Waals surface area contributed by atoms with Crippen molar-refractivity contribution in [3.8, 4) is 5.75 Å². The number of hydrogen-bond donors (Lipinski definition) is 1. The van der Waals surface area contributed by atoms with E-state index in [0.29, 0.717) is 13.0 Å². The molecule has 0 bridgehead atoms. The average molecular weight is 271 g/mol. The van der Waals surface area contributed by atoms with E-state index in [9.17, 15) is 8.78 Å². The van der Waals surface area contributed by atoms with Crippen molar-refractivity contribution in [2.24, 2.45) is 0 Å². The van der Waals surface area contributed by atoms with Gasteiger partial charge in [0.05, 0.1) is 0 Å². The van der Waals surface area contributed by atoms with E-state index in [1.165, 1.54) is 18.2 Å². The molecular formula is C14H19F2NO2. The first kappa shape index (κ1) is 14.2. The molecule has 1 aromatic carbocycles. The van der Waals surface area contributed by atoms with Crippen LogP contribution < -0.4 is 10.1 Å².